The van der Waals surface area contributed by atoms with Crippen molar-refractivity contribution in [3.05, 3.63) is 34.1 Å². The van der Waals surface area contributed by atoms with Crippen LogP contribution in [0.15, 0.2) is 22.7 Å². The zero-order valence-electron chi connectivity index (χ0n) is 8.82. The number of hydrogen-bond donors (Lipinski definition) is 1. The molecule has 1 N–H and O–H groups in total. The molecule has 0 saturated carbocycles. The van der Waals surface area contributed by atoms with Crippen LogP contribution in [0.2, 0.25) is 0 Å². The van der Waals surface area contributed by atoms with Crippen molar-refractivity contribution in [1.82, 2.24) is 5.32 Å². The maximum absolute atomic E-state index is 12.9. The third kappa shape index (κ3) is 2.23. The van der Waals surface area contributed by atoms with E-state index in [0.717, 1.165) is 24.0 Å². The van der Waals surface area contributed by atoms with E-state index < -0.39 is 0 Å². The molecule has 1 aromatic carbocycles. The van der Waals surface area contributed by atoms with E-state index in [2.05, 4.69) is 28.2 Å². The highest BCUT2D eigenvalue weighted by molar-refractivity contribution is 9.10. The van der Waals surface area contributed by atoms with Gasteiger partial charge in [-0.2, -0.15) is 0 Å². The monoisotopic (exact) mass is 271 g/mol. The Balaban J connectivity index is 2.16. The third-order valence-electron chi connectivity index (χ3n) is 3.33. The fourth-order valence-corrected chi connectivity index (χ4v) is 2.54. The van der Waals surface area contributed by atoms with Gasteiger partial charge in [-0.3, -0.25) is 0 Å². The summed E-state index contributed by atoms with van der Waals surface area (Å²) in [6, 6.07) is 4.97. The summed E-state index contributed by atoms with van der Waals surface area (Å²) in [5, 5.41) is 3.31. The molecule has 0 atom stereocenters. The van der Waals surface area contributed by atoms with Gasteiger partial charge in [0.15, 0.2) is 0 Å². The van der Waals surface area contributed by atoms with Gasteiger partial charge in [-0.15, -0.1) is 0 Å². The topological polar surface area (TPSA) is 12.0 Å². The first-order valence-corrected chi connectivity index (χ1v) is 6.09. The number of hydrogen-bond acceptors (Lipinski definition) is 1. The molecule has 0 radical (unpaired) electrons. The normalized spacial score (nSPS) is 18.6. The van der Waals surface area contributed by atoms with Gasteiger partial charge in [0.05, 0.1) is 0 Å². The molecule has 0 amide bonds. The van der Waals surface area contributed by atoms with Gasteiger partial charge in [-0.1, -0.05) is 28.9 Å². The number of nitrogens with one attached hydrogen (secondary N) is 1. The molecule has 1 aliphatic heterocycles. The van der Waals surface area contributed by atoms with Gasteiger partial charge in [0, 0.05) is 17.6 Å². The molecule has 1 fully saturated rings. The molecule has 3 heteroatoms. The average molecular weight is 272 g/mol. The van der Waals surface area contributed by atoms with E-state index in [4.69, 9.17) is 0 Å². The lowest BCUT2D eigenvalue weighted by Crippen LogP contribution is -2.54. The van der Waals surface area contributed by atoms with Crippen LogP contribution in [0, 0.1) is 11.2 Å². The second kappa shape index (κ2) is 4.22. The summed E-state index contributed by atoms with van der Waals surface area (Å²) in [7, 11) is 0. The maximum atomic E-state index is 12.9. The van der Waals surface area contributed by atoms with Crippen molar-refractivity contribution in [2.75, 3.05) is 13.1 Å². The quantitative estimate of drug-likeness (QED) is 0.891. The van der Waals surface area contributed by atoms with Crippen LogP contribution < -0.4 is 5.32 Å². The number of halogens is 2. The molecule has 0 aromatic heterocycles. The zero-order valence-corrected chi connectivity index (χ0v) is 10.4. The fraction of sp³-hybridized carbons (Fsp3) is 0.500. The molecule has 1 nitrogen and oxygen atoms in total. The van der Waals surface area contributed by atoms with Crippen LogP contribution in [0.5, 0.6) is 0 Å². The van der Waals surface area contributed by atoms with E-state index in [1.165, 1.54) is 18.1 Å². The first kappa shape index (κ1) is 11.1. The zero-order chi connectivity index (χ0) is 10.9. The van der Waals surface area contributed by atoms with Gasteiger partial charge in [-0.25, -0.2) is 4.39 Å². The number of rotatable bonds is 3. The first-order chi connectivity index (χ1) is 7.15. The molecular formula is C12H15BrFN. The summed E-state index contributed by atoms with van der Waals surface area (Å²) in [6.07, 6.45) is 2.20. The van der Waals surface area contributed by atoms with Gasteiger partial charge in [0.2, 0.25) is 0 Å². The average Bonchev–Trinajstić information content (AvgIpc) is 2.14. The van der Waals surface area contributed by atoms with E-state index in [-0.39, 0.29) is 5.82 Å². The molecule has 0 spiro atoms. The Hall–Kier alpha value is -0.410. The Morgan fingerprint density at radius 1 is 1.47 bits per heavy atom. The van der Waals surface area contributed by atoms with E-state index in [1.54, 1.807) is 6.07 Å². The lowest BCUT2D eigenvalue weighted by atomic mass is 9.74. The minimum absolute atomic E-state index is 0.178. The van der Waals surface area contributed by atoms with Crippen LogP contribution in [0.4, 0.5) is 4.39 Å². The van der Waals surface area contributed by atoms with Crippen molar-refractivity contribution < 1.29 is 4.39 Å². The first-order valence-electron chi connectivity index (χ1n) is 5.30. The van der Waals surface area contributed by atoms with Crippen LogP contribution in [-0.4, -0.2) is 13.1 Å². The van der Waals surface area contributed by atoms with E-state index >= 15 is 0 Å². The van der Waals surface area contributed by atoms with Gasteiger partial charge in [0.1, 0.15) is 5.82 Å². The van der Waals surface area contributed by atoms with Crippen molar-refractivity contribution >= 4 is 15.9 Å². The third-order valence-corrected chi connectivity index (χ3v) is 4.07. The largest absolute Gasteiger partial charge is 0.316 e. The van der Waals surface area contributed by atoms with E-state index in [1.807, 2.05) is 6.07 Å². The Morgan fingerprint density at radius 3 is 2.67 bits per heavy atom. The highest BCUT2D eigenvalue weighted by Crippen LogP contribution is 2.33. The van der Waals surface area contributed by atoms with Crippen molar-refractivity contribution in [1.29, 1.82) is 0 Å². The molecule has 2 rings (SSSR count). The van der Waals surface area contributed by atoms with Gasteiger partial charge < -0.3 is 5.32 Å². The van der Waals surface area contributed by atoms with Crippen LogP contribution in [0.1, 0.15) is 18.9 Å². The van der Waals surface area contributed by atoms with E-state index in [9.17, 15) is 4.39 Å². The predicted octanol–water partition coefficient (Wildman–Crippen LogP) is 3.13. The SMILES string of the molecule is CCC1(Cc2ccc(F)cc2Br)CNC1. The van der Waals surface area contributed by atoms with Crippen LogP contribution in [0.25, 0.3) is 0 Å². The van der Waals surface area contributed by atoms with Crippen molar-refractivity contribution in [3.8, 4) is 0 Å². The van der Waals surface area contributed by atoms with Gasteiger partial charge in [-0.05, 0) is 36.0 Å². The molecule has 1 heterocycles. The molecule has 15 heavy (non-hydrogen) atoms. The van der Waals surface area contributed by atoms with Crippen LogP contribution in [0.3, 0.4) is 0 Å². The lowest BCUT2D eigenvalue weighted by Gasteiger charge is -2.42. The molecule has 0 aliphatic carbocycles. The molecular weight excluding hydrogens is 257 g/mol. The summed E-state index contributed by atoms with van der Waals surface area (Å²) in [4.78, 5) is 0. The summed E-state index contributed by atoms with van der Waals surface area (Å²) in [5.41, 5.74) is 1.60. The maximum Gasteiger partial charge on any atom is 0.124 e. The van der Waals surface area contributed by atoms with Crippen molar-refractivity contribution in [2.24, 2.45) is 5.41 Å². The molecule has 1 aliphatic rings. The summed E-state index contributed by atoms with van der Waals surface area (Å²) in [5.74, 6) is -0.178. The highest BCUT2D eigenvalue weighted by Gasteiger charge is 2.35. The molecule has 1 aromatic rings. The lowest BCUT2D eigenvalue weighted by molar-refractivity contribution is 0.160. The van der Waals surface area contributed by atoms with Crippen molar-refractivity contribution in [3.63, 3.8) is 0 Å². The smallest absolute Gasteiger partial charge is 0.124 e. The van der Waals surface area contributed by atoms with Crippen LogP contribution in [-0.2, 0) is 6.42 Å². The molecule has 1 saturated heterocycles. The molecule has 0 unspecified atom stereocenters. The standard InChI is InChI=1S/C12H15BrFN/c1-2-12(7-15-8-12)6-9-3-4-10(14)5-11(9)13/h3-5,15H,2,6-8H2,1H3. The summed E-state index contributed by atoms with van der Waals surface area (Å²) in [6.45, 7) is 4.37. The summed E-state index contributed by atoms with van der Waals surface area (Å²) < 4.78 is 13.8. The highest BCUT2D eigenvalue weighted by atomic mass is 79.9. The van der Waals surface area contributed by atoms with Crippen molar-refractivity contribution in [2.45, 2.75) is 19.8 Å². The molecule has 0 bridgehead atoms. The minimum atomic E-state index is -0.178. The number of benzene rings is 1. The van der Waals surface area contributed by atoms with E-state index in [0.29, 0.717) is 5.41 Å². The predicted molar refractivity (Wildman–Crippen MR) is 63.4 cm³/mol. The van der Waals surface area contributed by atoms with Gasteiger partial charge in [0.25, 0.3) is 0 Å². The Labute approximate surface area is 98.2 Å². The summed E-state index contributed by atoms with van der Waals surface area (Å²) >= 11 is 3.42. The fourth-order valence-electron chi connectivity index (χ4n) is 2.05. The van der Waals surface area contributed by atoms with Gasteiger partial charge >= 0.3 is 0 Å². The Morgan fingerprint density at radius 2 is 2.20 bits per heavy atom. The Bertz CT molecular complexity index is 355. The van der Waals surface area contributed by atoms with Crippen LogP contribution >= 0.6 is 15.9 Å². The second-order valence-electron chi connectivity index (χ2n) is 4.37. The second-order valence-corrected chi connectivity index (χ2v) is 5.22. The molecule has 82 valence electrons. The minimum Gasteiger partial charge on any atom is -0.316 e. The Kier molecular flexibility index (Phi) is 3.12.